The number of nitro groups is 1. The number of likely N-dealkylation sites (N-methyl/N-ethyl adjacent to an activating group) is 1. The van der Waals surface area contributed by atoms with Gasteiger partial charge in [0.05, 0.1) is 11.0 Å². The molecule has 1 aliphatic carbocycles. The highest BCUT2D eigenvalue weighted by molar-refractivity contribution is 5.77. The zero-order valence-electron chi connectivity index (χ0n) is 19.4. The number of nitrogens with one attached hydrogen (secondary N) is 2. The second kappa shape index (κ2) is 12.6. The molecule has 0 saturated heterocycles. The summed E-state index contributed by atoms with van der Waals surface area (Å²) in [6.07, 6.45) is 3.38. The first-order chi connectivity index (χ1) is 16.5. The summed E-state index contributed by atoms with van der Waals surface area (Å²) in [6, 6.07) is 16.7. The maximum atomic E-state index is 12.2. The van der Waals surface area contributed by atoms with Crippen LogP contribution in [0.4, 0.5) is 17.1 Å². The Morgan fingerprint density at radius 3 is 2.59 bits per heavy atom. The van der Waals surface area contributed by atoms with Crippen molar-refractivity contribution in [2.75, 3.05) is 36.5 Å². The van der Waals surface area contributed by atoms with E-state index in [1.54, 1.807) is 6.07 Å². The minimum Gasteiger partial charge on any atom is -0.382 e. The number of nitro benzene ring substituents is 1. The molecule has 9 heteroatoms. The molecular formula is C25H31N5O4. The number of nitriles is 1. The third-order valence-electron chi connectivity index (χ3n) is 6.02. The molecule has 2 N–H and O–H groups in total. The Labute approximate surface area is 199 Å². The van der Waals surface area contributed by atoms with Crippen molar-refractivity contribution in [1.29, 1.82) is 5.26 Å². The number of benzene rings is 2. The molecule has 1 saturated carbocycles. The molecule has 0 unspecified atom stereocenters. The number of carbonyl (C=O) groups excluding carboxylic acids is 1. The molecule has 1 aliphatic rings. The molecule has 0 radical (unpaired) electrons. The van der Waals surface area contributed by atoms with Crippen LogP contribution in [0.2, 0.25) is 0 Å². The predicted molar refractivity (Wildman–Crippen MR) is 131 cm³/mol. The number of amides is 1. The summed E-state index contributed by atoms with van der Waals surface area (Å²) in [6.45, 7) is 4.30. The van der Waals surface area contributed by atoms with E-state index in [1.165, 1.54) is 12.1 Å². The van der Waals surface area contributed by atoms with Crippen LogP contribution in [0.15, 0.2) is 48.5 Å². The number of hydrogen-bond donors (Lipinski definition) is 2. The Balaban J connectivity index is 1.35. The van der Waals surface area contributed by atoms with E-state index >= 15 is 0 Å². The summed E-state index contributed by atoms with van der Waals surface area (Å²) in [5.41, 5.74) is 1.69. The average molecular weight is 466 g/mol. The number of para-hydroxylation sites is 1. The molecule has 0 atom stereocenters. The fourth-order valence-electron chi connectivity index (χ4n) is 4.17. The molecule has 1 amide bonds. The number of carbonyl (C=O) groups is 1. The van der Waals surface area contributed by atoms with E-state index in [-0.39, 0.29) is 35.9 Å². The summed E-state index contributed by atoms with van der Waals surface area (Å²) < 4.78 is 5.82. The van der Waals surface area contributed by atoms with E-state index in [0.717, 1.165) is 44.5 Å². The minimum absolute atomic E-state index is 0.0341. The van der Waals surface area contributed by atoms with Crippen molar-refractivity contribution < 1.29 is 14.5 Å². The molecule has 34 heavy (non-hydrogen) atoms. The summed E-state index contributed by atoms with van der Waals surface area (Å²) in [7, 11) is 0. The minimum atomic E-state index is -0.551. The van der Waals surface area contributed by atoms with Crippen molar-refractivity contribution in [3.63, 3.8) is 0 Å². The molecule has 1 fully saturated rings. The number of rotatable bonds is 11. The van der Waals surface area contributed by atoms with E-state index in [0.29, 0.717) is 12.2 Å². The van der Waals surface area contributed by atoms with Gasteiger partial charge in [-0.05, 0) is 56.9 Å². The van der Waals surface area contributed by atoms with Gasteiger partial charge in [0, 0.05) is 43.1 Å². The van der Waals surface area contributed by atoms with Crippen molar-refractivity contribution in [2.24, 2.45) is 0 Å². The second-order valence-electron chi connectivity index (χ2n) is 8.29. The van der Waals surface area contributed by atoms with Gasteiger partial charge in [0.15, 0.2) is 0 Å². The van der Waals surface area contributed by atoms with Crippen LogP contribution in [0.3, 0.4) is 0 Å². The number of hydrogen-bond acceptors (Lipinski definition) is 7. The van der Waals surface area contributed by atoms with Crippen LogP contribution in [0, 0.1) is 21.4 Å². The molecule has 0 heterocycles. The van der Waals surface area contributed by atoms with Gasteiger partial charge in [-0.1, -0.05) is 18.2 Å². The summed E-state index contributed by atoms with van der Waals surface area (Å²) in [4.78, 5) is 24.8. The zero-order valence-corrected chi connectivity index (χ0v) is 19.4. The van der Waals surface area contributed by atoms with Gasteiger partial charge in [0.2, 0.25) is 5.91 Å². The van der Waals surface area contributed by atoms with Gasteiger partial charge >= 0.3 is 0 Å². The predicted octanol–water partition coefficient (Wildman–Crippen LogP) is 3.85. The van der Waals surface area contributed by atoms with Crippen LogP contribution in [0.5, 0.6) is 0 Å². The van der Waals surface area contributed by atoms with E-state index in [9.17, 15) is 14.9 Å². The fourth-order valence-corrected chi connectivity index (χ4v) is 4.17. The lowest BCUT2D eigenvalue weighted by molar-refractivity contribution is -0.385. The number of nitrogens with zero attached hydrogens (tertiary/aromatic N) is 3. The molecule has 0 aliphatic heterocycles. The van der Waals surface area contributed by atoms with Crippen LogP contribution in [0.25, 0.3) is 0 Å². The Kier molecular flexibility index (Phi) is 9.23. The van der Waals surface area contributed by atoms with E-state index < -0.39 is 4.92 Å². The summed E-state index contributed by atoms with van der Waals surface area (Å²) >= 11 is 0. The first kappa shape index (κ1) is 25.0. The van der Waals surface area contributed by atoms with Crippen molar-refractivity contribution in [3.05, 3.63) is 64.2 Å². The third kappa shape index (κ3) is 7.18. The van der Waals surface area contributed by atoms with Crippen molar-refractivity contribution in [1.82, 2.24) is 5.32 Å². The molecule has 2 aromatic rings. The van der Waals surface area contributed by atoms with Gasteiger partial charge < -0.3 is 20.3 Å². The molecule has 3 rings (SSSR count). The van der Waals surface area contributed by atoms with Gasteiger partial charge in [-0.3, -0.25) is 14.9 Å². The number of anilines is 2. The average Bonchev–Trinajstić information content (AvgIpc) is 2.86. The topological polar surface area (TPSA) is 121 Å². The quantitative estimate of drug-likeness (QED) is 0.382. The van der Waals surface area contributed by atoms with Crippen molar-refractivity contribution in [3.8, 4) is 6.07 Å². The van der Waals surface area contributed by atoms with Gasteiger partial charge in [-0.2, -0.15) is 5.26 Å². The SMILES string of the molecule is CCN(CCNC(=O)COC1CCC(Nc2ccc([N+](=O)[O-])c(C#N)c2)CC1)c1ccccc1. The standard InChI is InChI=1S/C25H31N5O4/c1-2-29(22-6-4-3-5-7-22)15-14-27-25(31)18-34-23-11-8-20(9-12-23)28-21-10-13-24(30(32)33)19(16-21)17-26/h3-7,10,13,16,20,23,28H,2,8-9,11-12,14-15,18H2,1H3,(H,27,31). The van der Waals surface area contributed by atoms with Gasteiger partial charge in [0.1, 0.15) is 18.2 Å². The molecule has 0 bridgehead atoms. The highest BCUT2D eigenvalue weighted by Crippen LogP contribution is 2.27. The molecule has 2 aromatic carbocycles. The second-order valence-corrected chi connectivity index (χ2v) is 8.29. The molecule has 180 valence electrons. The van der Waals surface area contributed by atoms with Gasteiger partial charge in [-0.15, -0.1) is 0 Å². The lowest BCUT2D eigenvalue weighted by Gasteiger charge is -2.29. The number of ether oxygens (including phenoxy) is 1. The largest absolute Gasteiger partial charge is 0.382 e. The fraction of sp³-hybridized carbons (Fsp3) is 0.440. The molecule has 0 spiro atoms. The van der Waals surface area contributed by atoms with E-state index in [1.807, 2.05) is 24.3 Å². The highest BCUT2D eigenvalue weighted by Gasteiger charge is 2.23. The first-order valence-electron chi connectivity index (χ1n) is 11.6. The van der Waals surface area contributed by atoms with E-state index in [4.69, 9.17) is 10.00 Å². The lowest BCUT2D eigenvalue weighted by Crippen LogP contribution is -2.38. The zero-order chi connectivity index (χ0) is 24.3. The van der Waals surface area contributed by atoms with Gasteiger partial charge in [0.25, 0.3) is 5.69 Å². The monoisotopic (exact) mass is 465 g/mol. The Morgan fingerprint density at radius 1 is 1.21 bits per heavy atom. The van der Waals surface area contributed by atoms with Crippen LogP contribution in [-0.2, 0) is 9.53 Å². The Morgan fingerprint density at radius 2 is 1.94 bits per heavy atom. The Hall–Kier alpha value is -3.64. The molecular weight excluding hydrogens is 434 g/mol. The summed E-state index contributed by atoms with van der Waals surface area (Å²) in [5, 5.41) is 26.4. The maximum absolute atomic E-state index is 12.2. The summed E-state index contributed by atoms with van der Waals surface area (Å²) in [5.74, 6) is -0.112. The normalized spacial score (nSPS) is 17.4. The van der Waals surface area contributed by atoms with Crippen LogP contribution < -0.4 is 15.5 Å². The molecule has 0 aromatic heterocycles. The van der Waals surface area contributed by atoms with Crippen molar-refractivity contribution in [2.45, 2.75) is 44.8 Å². The first-order valence-corrected chi connectivity index (χ1v) is 11.6. The van der Waals surface area contributed by atoms with Gasteiger partial charge in [-0.25, -0.2) is 0 Å². The molecule has 9 nitrogen and oxygen atoms in total. The lowest BCUT2D eigenvalue weighted by atomic mass is 9.92. The van der Waals surface area contributed by atoms with E-state index in [2.05, 4.69) is 34.6 Å². The van der Waals surface area contributed by atoms with Crippen LogP contribution >= 0.6 is 0 Å². The Bertz CT molecular complexity index is 1000. The van der Waals surface area contributed by atoms with Crippen LogP contribution in [0.1, 0.15) is 38.2 Å². The van der Waals surface area contributed by atoms with Crippen LogP contribution in [-0.4, -0.2) is 49.2 Å². The third-order valence-corrected chi connectivity index (χ3v) is 6.02. The smallest absolute Gasteiger partial charge is 0.287 e. The maximum Gasteiger partial charge on any atom is 0.287 e. The van der Waals surface area contributed by atoms with Crippen molar-refractivity contribution >= 4 is 23.0 Å². The highest BCUT2D eigenvalue weighted by atomic mass is 16.6.